The fourth-order valence-electron chi connectivity index (χ4n) is 0.848. The molecule has 1 aromatic heterocycles. The molecular formula is C8H9Cl2N3O2. The van der Waals surface area contributed by atoms with E-state index in [4.69, 9.17) is 28.3 Å². The van der Waals surface area contributed by atoms with Crippen LogP contribution in [0, 0.1) is 0 Å². The molecule has 5 nitrogen and oxygen atoms in total. The molecule has 1 aromatic rings. The van der Waals surface area contributed by atoms with Crippen molar-refractivity contribution in [3.8, 4) is 0 Å². The Morgan fingerprint density at radius 3 is 2.87 bits per heavy atom. The summed E-state index contributed by atoms with van der Waals surface area (Å²) in [6.45, 7) is 1.69. The van der Waals surface area contributed by atoms with E-state index in [1.54, 1.807) is 6.92 Å². The summed E-state index contributed by atoms with van der Waals surface area (Å²) in [6, 6.07) is 1.31. The maximum Gasteiger partial charge on any atom is 0.254 e. The summed E-state index contributed by atoms with van der Waals surface area (Å²) in [5, 5.41) is 18.5. The Hall–Kier alpha value is -0.910. The van der Waals surface area contributed by atoms with Gasteiger partial charge in [-0.05, 0) is 13.0 Å². The minimum absolute atomic E-state index is 0.0255. The minimum Gasteiger partial charge on any atom is -0.392 e. The van der Waals surface area contributed by atoms with E-state index in [1.807, 2.05) is 0 Å². The predicted molar refractivity (Wildman–Crippen MR) is 56.1 cm³/mol. The van der Waals surface area contributed by atoms with Gasteiger partial charge in [-0.25, -0.2) is 0 Å². The second-order valence-electron chi connectivity index (χ2n) is 2.93. The maximum atomic E-state index is 11.5. The number of aliphatic hydroxyl groups excluding tert-OH is 1. The molecule has 0 aliphatic heterocycles. The molecule has 2 N–H and O–H groups in total. The molecule has 0 aliphatic rings. The summed E-state index contributed by atoms with van der Waals surface area (Å²) in [7, 11) is 0. The molecule has 7 heteroatoms. The van der Waals surface area contributed by atoms with Crippen molar-refractivity contribution < 1.29 is 9.90 Å². The van der Waals surface area contributed by atoms with Crippen molar-refractivity contribution in [1.29, 1.82) is 0 Å². The number of carbonyl (C=O) groups excluding carboxylic acids is 1. The van der Waals surface area contributed by atoms with Crippen LogP contribution in [0.25, 0.3) is 0 Å². The molecular weight excluding hydrogens is 241 g/mol. The summed E-state index contributed by atoms with van der Waals surface area (Å²) in [5.41, 5.74) is 0.136. The van der Waals surface area contributed by atoms with Gasteiger partial charge in [-0.3, -0.25) is 4.79 Å². The van der Waals surface area contributed by atoms with Crippen molar-refractivity contribution in [2.45, 2.75) is 13.0 Å². The Labute approximate surface area is 96.4 Å². The molecule has 82 valence electrons. The maximum absolute atomic E-state index is 11.5. The van der Waals surface area contributed by atoms with Gasteiger partial charge in [-0.15, -0.1) is 10.2 Å². The van der Waals surface area contributed by atoms with Crippen LogP contribution < -0.4 is 5.32 Å². The number of hydrogen-bond acceptors (Lipinski definition) is 4. The second kappa shape index (κ2) is 5.25. The lowest BCUT2D eigenvalue weighted by Crippen LogP contribution is -2.30. The van der Waals surface area contributed by atoms with E-state index in [2.05, 4.69) is 15.5 Å². The first kappa shape index (κ1) is 12.2. The van der Waals surface area contributed by atoms with E-state index in [0.717, 1.165) is 0 Å². The number of hydrogen-bond donors (Lipinski definition) is 2. The van der Waals surface area contributed by atoms with Gasteiger partial charge in [0.1, 0.15) is 0 Å². The molecule has 0 bridgehead atoms. The summed E-state index contributed by atoms with van der Waals surface area (Å²) in [4.78, 5) is 11.5. The van der Waals surface area contributed by atoms with Gasteiger partial charge in [-0.1, -0.05) is 23.2 Å². The first-order valence-corrected chi connectivity index (χ1v) is 4.91. The van der Waals surface area contributed by atoms with Crippen molar-refractivity contribution in [1.82, 2.24) is 15.5 Å². The number of nitrogens with one attached hydrogen (secondary N) is 1. The van der Waals surface area contributed by atoms with Gasteiger partial charge in [0.05, 0.1) is 11.7 Å². The van der Waals surface area contributed by atoms with Crippen molar-refractivity contribution in [2.24, 2.45) is 0 Å². The summed E-state index contributed by atoms with van der Waals surface area (Å²) < 4.78 is 0. The fourth-order valence-corrected chi connectivity index (χ4v) is 1.17. The summed E-state index contributed by atoms with van der Waals surface area (Å²) in [6.07, 6.45) is -0.627. The number of nitrogens with zero attached hydrogens (tertiary/aromatic N) is 2. The van der Waals surface area contributed by atoms with Crippen LogP contribution in [0.15, 0.2) is 6.07 Å². The molecule has 0 saturated heterocycles. The van der Waals surface area contributed by atoms with Crippen LogP contribution in [-0.2, 0) is 0 Å². The first-order chi connectivity index (χ1) is 7.00. The van der Waals surface area contributed by atoms with Crippen LogP contribution in [-0.4, -0.2) is 33.9 Å². The highest BCUT2D eigenvalue weighted by Crippen LogP contribution is 2.14. The minimum atomic E-state index is -0.627. The van der Waals surface area contributed by atoms with Gasteiger partial charge < -0.3 is 10.4 Å². The van der Waals surface area contributed by atoms with Crippen LogP contribution in [0.1, 0.15) is 17.3 Å². The molecule has 0 aliphatic carbocycles. The van der Waals surface area contributed by atoms with Gasteiger partial charge in [-0.2, -0.15) is 0 Å². The SMILES string of the molecule is C[C@H](O)CNC(=O)c1cc(Cl)nnc1Cl. The average Bonchev–Trinajstić information content (AvgIpc) is 2.18. The third-order valence-electron chi connectivity index (χ3n) is 1.52. The van der Waals surface area contributed by atoms with Gasteiger partial charge in [0.25, 0.3) is 5.91 Å². The van der Waals surface area contributed by atoms with E-state index in [0.29, 0.717) is 0 Å². The van der Waals surface area contributed by atoms with E-state index < -0.39 is 12.0 Å². The zero-order valence-electron chi connectivity index (χ0n) is 7.87. The molecule has 0 aromatic carbocycles. The van der Waals surface area contributed by atoms with Gasteiger partial charge in [0.2, 0.25) is 0 Å². The number of halogens is 2. The average molecular weight is 250 g/mol. The molecule has 1 atom stereocenters. The van der Waals surface area contributed by atoms with Crippen LogP contribution in [0.5, 0.6) is 0 Å². The standard InChI is InChI=1S/C8H9Cl2N3O2/c1-4(14)3-11-8(15)5-2-6(9)12-13-7(5)10/h2,4,14H,3H2,1H3,(H,11,15)/t4-/m0/s1. The Morgan fingerprint density at radius 1 is 1.60 bits per heavy atom. The van der Waals surface area contributed by atoms with Crippen molar-refractivity contribution >= 4 is 29.1 Å². The van der Waals surface area contributed by atoms with Crippen molar-refractivity contribution in [3.63, 3.8) is 0 Å². The van der Waals surface area contributed by atoms with Gasteiger partial charge in [0, 0.05) is 6.54 Å². The lowest BCUT2D eigenvalue weighted by atomic mass is 10.3. The first-order valence-electron chi connectivity index (χ1n) is 4.15. The smallest absolute Gasteiger partial charge is 0.254 e. The third-order valence-corrected chi connectivity index (χ3v) is 1.99. The van der Waals surface area contributed by atoms with Crippen LogP contribution in [0.2, 0.25) is 10.3 Å². The van der Waals surface area contributed by atoms with E-state index in [9.17, 15) is 4.79 Å². The molecule has 0 fully saturated rings. The summed E-state index contributed by atoms with van der Waals surface area (Å²) >= 11 is 11.2. The molecule has 0 spiro atoms. The van der Waals surface area contributed by atoms with Crippen molar-refractivity contribution in [3.05, 3.63) is 21.9 Å². The van der Waals surface area contributed by atoms with E-state index in [1.165, 1.54) is 6.07 Å². The number of rotatable bonds is 3. The van der Waals surface area contributed by atoms with Crippen molar-refractivity contribution in [2.75, 3.05) is 6.54 Å². The fraction of sp³-hybridized carbons (Fsp3) is 0.375. The molecule has 1 amide bonds. The predicted octanol–water partition coefficient (Wildman–Crippen LogP) is 0.894. The molecule has 0 saturated carbocycles. The normalized spacial score (nSPS) is 12.3. The van der Waals surface area contributed by atoms with Gasteiger partial charge in [0.15, 0.2) is 10.3 Å². The highest BCUT2D eigenvalue weighted by molar-refractivity contribution is 6.34. The lowest BCUT2D eigenvalue weighted by Gasteiger charge is -2.07. The molecule has 15 heavy (non-hydrogen) atoms. The van der Waals surface area contributed by atoms with Gasteiger partial charge >= 0.3 is 0 Å². The quantitative estimate of drug-likeness (QED) is 0.835. The Morgan fingerprint density at radius 2 is 2.27 bits per heavy atom. The van der Waals surface area contributed by atoms with E-state index >= 15 is 0 Å². The Bertz CT molecular complexity index is 371. The number of carbonyl (C=O) groups is 1. The zero-order valence-corrected chi connectivity index (χ0v) is 9.38. The monoisotopic (exact) mass is 249 g/mol. The molecule has 0 radical (unpaired) electrons. The topological polar surface area (TPSA) is 75.1 Å². The van der Waals surface area contributed by atoms with Crippen LogP contribution >= 0.6 is 23.2 Å². The number of aromatic nitrogens is 2. The third kappa shape index (κ3) is 3.62. The Balaban J connectivity index is 2.77. The Kier molecular flexibility index (Phi) is 4.26. The number of aliphatic hydroxyl groups is 1. The lowest BCUT2D eigenvalue weighted by molar-refractivity contribution is 0.0923. The largest absolute Gasteiger partial charge is 0.392 e. The molecule has 0 unspecified atom stereocenters. The summed E-state index contributed by atoms with van der Waals surface area (Å²) in [5.74, 6) is -0.447. The molecule has 1 rings (SSSR count). The second-order valence-corrected chi connectivity index (χ2v) is 3.68. The van der Waals surface area contributed by atoms with Crippen LogP contribution in [0.3, 0.4) is 0 Å². The number of amides is 1. The zero-order chi connectivity index (χ0) is 11.4. The van der Waals surface area contributed by atoms with Crippen LogP contribution in [0.4, 0.5) is 0 Å². The highest BCUT2D eigenvalue weighted by Gasteiger charge is 2.13. The van der Waals surface area contributed by atoms with E-state index in [-0.39, 0.29) is 22.4 Å². The molecule has 1 heterocycles. The highest BCUT2D eigenvalue weighted by atomic mass is 35.5.